The van der Waals surface area contributed by atoms with Crippen LogP contribution in [0.3, 0.4) is 0 Å². The van der Waals surface area contributed by atoms with E-state index >= 15 is 0 Å². The van der Waals surface area contributed by atoms with Gasteiger partial charge in [0, 0.05) is 18.1 Å². The lowest BCUT2D eigenvalue weighted by Crippen LogP contribution is -2.11. The van der Waals surface area contributed by atoms with Gasteiger partial charge in [0.1, 0.15) is 11.4 Å². The Kier molecular flexibility index (Phi) is 4.79. The number of halogens is 1. The lowest BCUT2D eigenvalue weighted by molar-refractivity contribution is 0.0527. The number of carbonyl (C=O) groups is 1. The summed E-state index contributed by atoms with van der Waals surface area (Å²) in [6.45, 7) is 2.35. The molecule has 0 aliphatic heterocycles. The van der Waals surface area contributed by atoms with Crippen LogP contribution in [0, 0.1) is 5.82 Å². The Balaban J connectivity index is 2.04. The minimum absolute atomic E-state index is 0.261. The molecular weight excluding hydrogens is 321 g/mol. The molecule has 1 aromatic heterocycles. The highest BCUT2D eigenvalue weighted by Crippen LogP contribution is 2.30. The van der Waals surface area contributed by atoms with Crippen molar-refractivity contribution in [1.29, 1.82) is 0 Å². The summed E-state index contributed by atoms with van der Waals surface area (Å²) in [6.07, 6.45) is 1.45. The number of benzene rings is 2. The van der Waals surface area contributed by atoms with Gasteiger partial charge in [0.05, 0.1) is 23.5 Å². The quantitative estimate of drug-likeness (QED) is 0.547. The molecule has 0 fully saturated rings. The Morgan fingerprint density at radius 2 is 2.08 bits per heavy atom. The van der Waals surface area contributed by atoms with Gasteiger partial charge in [-0.05, 0) is 30.7 Å². The van der Waals surface area contributed by atoms with Crippen molar-refractivity contribution in [3.63, 3.8) is 0 Å². The van der Waals surface area contributed by atoms with E-state index in [9.17, 15) is 9.18 Å². The number of hydrogen-bond acceptors (Lipinski definition) is 5. The van der Waals surface area contributed by atoms with E-state index in [4.69, 9.17) is 10.5 Å². The predicted molar refractivity (Wildman–Crippen MR) is 95.8 cm³/mol. The zero-order chi connectivity index (χ0) is 17.8. The van der Waals surface area contributed by atoms with Gasteiger partial charge in [0.2, 0.25) is 0 Å². The third kappa shape index (κ3) is 3.52. The predicted octanol–water partition coefficient (Wildman–Crippen LogP) is 3.74. The highest BCUT2D eigenvalue weighted by molar-refractivity contribution is 6.07. The average molecular weight is 339 g/mol. The number of anilines is 2. The Labute approximate surface area is 144 Å². The number of nitrogen functional groups attached to an aromatic ring is 1. The van der Waals surface area contributed by atoms with Gasteiger partial charge in [-0.2, -0.15) is 0 Å². The first kappa shape index (κ1) is 16.7. The summed E-state index contributed by atoms with van der Waals surface area (Å²) in [6, 6.07) is 11.6. The van der Waals surface area contributed by atoms with Crippen molar-refractivity contribution < 1.29 is 13.9 Å². The minimum atomic E-state index is -0.471. The van der Waals surface area contributed by atoms with Crippen LogP contribution >= 0.6 is 0 Å². The third-order valence-electron chi connectivity index (χ3n) is 3.78. The van der Waals surface area contributed by atoms with Crippen LogP contribution in [0.15, 0.2) is 48.7 Å². The molecule has 0 bridgehead atoms. The summed E-state index contributed by atoms with van der Waals surface area (Å²) in [4.78, 5) is 16.6. The number of nitrogens with one attached hydrogen (secondary N) is 1. The van der Waals surface area contributed by atoms with E-state index in [-0.39, 0.29) is 12.4 Å². The van der Waals surface area contributed by atoms with Gasteiger partial charge in [0.15, 0.2) is 0 Å². The van der Waals surface area contributed by atoms with E-state index in [0.29, 0.717) is 34.4 Å². The van der Waals surface area contributed by atoms with Crippen LogP contribution in [0.4, 0.5) is 15.8 Å². The highest BCUT2D eigenvalue weighted by Gasteiger charge is 2.17. The van der Waals surface area contributed by atoms with Crippen LogP contribution in [0.5, 0.6) is 0 Å². The number of fused-ring (bicyclic) bond motifs is 1. The van der Waals surface area contributed by atoms with E-state index < -0.39 is 5.97 Å². The zero-order valence-electron chi connectivity index (χ0n) is 13.8. The molecule has 2 aromatic carbocycles. The van der Waals surface area contributed by atoms with Crippen molar-refractivity contribution in [2.75, 3.05) is 17.7 Å². The van der Waals surface area contributed by atoms with Crippen LogP contribution < -0.4 is 11.1 Å². The Morgan fingerprint density at radius 1 is 1.28 bits per heavy atom. The molecule has 5 nitrogen and oxygen atoms in total. The summed E-state index contributed by atoms with van der Waals surface area (Å²) in [7, 11) is 0. The van der Waals surface area contributed by atoms with Crippen molar-refractivity contribution in [1.82, 2.24) is 4.98 Å². The van der Waals surface area contributed by atoms with E-state index in [0.717, 1.165) is 5.56 Å². The molecule has 0 unspecified atom stereocenters. The fourth-order valence-corrected chi connectivity index (χ4v) is 2.64. The SMILES string of the molecule is CCOC(=O)c1cnc2c(N)cccc2c1NCc1cccc(F)c1. The molecule has 1 heterocycles. The number of para-hydroxylation sites is 1. The smallest absolute Gasteiger partial charge is 0.341 e. The Hall–Kier alpha value is -3.15. The number of esters is 1. The van der Waals surface area contributed by atoms with E-state index in [1.807, 2.05) is 6.07 Å². The second-order valence-corrected chi connectivity index (χ2v) is 5.49. The number of ether oxygens (including phenoxy) is 1. The summed E-state index contributed by atoms with van der Waals surface area (Å²) in [5, 5.41) is 3.91. The van der Waals surface area contributed by atoms with Crippen LogP contribution in [0.25, 0.3) is 10.9 Å². The van der Waals surface area contributed by atoms with Crippen molar-refractivity contribution in [3.8, 4) is 0 Å². The molecule has 3 N–H and O–H groups in total. The van der Waals surface area contributed by atoms with Gasteiger partial charge in [-0.1, -0.05) is 24.3 Å². The summed E-state index contributed by atoms with van der Waals surface area (Å²) < 4.78 is 18.5. The summed E-state index contributed by atoms with van der Waals surface area (Å²) in [5.74, 6) is -0.783. The van der Waals surface area contributed by atoms with Crippen LogP contribution in [-0.2, 0) is 11.3 Å². The van der Waals surface area contributed by atoms with Gasteiger partial charge < -0.3 is 15.8 Å². The lowest BCUT2D eigenvalue weighted by Gasteiger charge is -2.15. The first-order valence-electron chi connectivity index (χ1n) is 7.92. The third-order valence-corrected chi connectivity index (χ3v) is 3.78. The first-order valence-corrected chi connectivity index (χ1v) is 7.92. The van der Waals surface area contributed by atoms with Gasteiger partial charge >= 0.3 is 5.97 Å². The number of hydrogen-bond donors (Lipinski definition) is 2. The number of nitrogens with zero attached hydrogens (tertiary/aromatic N) is 1. The fourth-order valence-electron chi connectivity index (χ4n) is 2.64. The molecule has 0 atom stereocenters. The van der Waals surface area contributed by atoms with Crippen LogP contribution in [-0.4, -0.2) is 17.6 Å². The van der Waals surface area contributed by atoms with E-state index in [2.05, 4.69) is 10.3 Å². The van der Waals surface area contributed by atoms with Gasteiger partial charge in [-0.3, -0.25) is 4.98 Å². The van der Waals surface area contributed by atoms with Crippen molar-refractivity contribution in [2.45, 2.75) is 13.5 Å². The Bertz CT molecular complexity index is 928. The molecule has 0 saturated heterocycles. The molecule has 3 rings (SSSR count). The largest absolute Gasteiger partial charge is 0.462 e. The van der Waals surface area contributed by atoms with Crippen molar-refractivity contribution >= 4 is 28.2 Å². The number of carbonyl (C=O) groups excluding carboxylic acids is 1. The van der Waals surface area contributed by atoms with Crippen LogP contribution in [0.1, 0.15) is 22.8 Å². The van der Waals surface area contributed by atoms with Gasteiger partial charge in [-0.15, -0.1) is 0 Å². The molecule has 0 radical (unpaired) electrons. The number of rotatable bonds is 5. The first-order chi connectivity index (χ1) is 12.1. The zero-order valence-corrected chi connectivity index (χ0v) is 13.8. The Morgan fingerprint density at radius 3 is 2.84 bits per heavy atom. The van der Waals surface area contributed by atoms with E-state index in [1.165, 1.54) is 18.3 Å². The molecule has 0 spiro atoms. The average Bonchev–Trinajstić information content (AvgIpc) is 2.60. The topological polar surface area (TPSA) is 77.2 Å². The molecule has 0 amide bonds. The molecule has 0 saturated carbocycles. The van der Waals surface area contributed by atoms with Crippen LogP contribution in [0.2, 0.25) is 0 Å². The van der Waals surface area contributed by atoms with Crippen molar-refractivity contribution in [3.05, 3.63) is 65.6 Å². The molecule has 25 heavy (non-hydrogen) atoms. The molecule has 3 aromatic rings. The molecule has 6 heteroatoms. The maximum Gasteiger partial charge on any atom is 0.341 e. The van der Waals surface area contributed by atoms with E-state index in [1.54, 1.807) is 31.2 Å². The summed E-state index contributed by atoms with van der Waals surface area (Å²) >= 11 is 0. The van der Waals surface area contributed by atoms with Gasteiger partial charge in [0.25, 0.3) is 0 Å². The van der Waals surface area contributed by atoms with Crippen molar-refractivity contribution in [2.24, 2.45) is 0 Å². The monoisotopic (exact) mass is 339 g/mol. The number of aromatic nitrogens is 1. The molecule has 0 aliphatic rings. The molecular formula is C19H18FN3O2. The summed E-state index contributed by atoms with van der Waals surface area (Å²) in [5.41, 5.74) is 8.73. The molecule has 128 valence electrons. The minimum Gasteiger partial charge on any atom is -0.462 e. The second-order valence-electron chi connectivity index (χ2n) is 5.49. The maximum atomic E-state index is 13.4. The maximum absolute atomic E-state index is 13.4. The highest BCUT2D eigenvalue weighted by atomic mass is 19.1. The molecule has 0 aliphatic carbocycles. The van der Waals surface area contributed by atoms with Gasteiger partial charge in [-0.25, -0.2) is 9.18 Å². The number of pyridine rings is 1. The second kappa shape index (κ2) is 7.17. The fraction of sp³-hybridized carbons (Fsp3) is 0.158. The normalized spacial score (nSPS) is 10.6. The number of nitrogens with two attached hydrogens (primary N) is 1. The lowest BCUT2D eigenvalue weighted by atomic mass is 10.1. The standard InChI is InChI=1S/C19H18FN3O2/c1-2-25-19(24)15-11-23-18-14(7-4-8-16(18)21)17(15)22-10-12-5-3-6-13(20)9-12/h3-9,11H,2,10,21H2,1H3,(H,22,23).